The second-order valence-electron chi connectivity index (χ2n) is 3.79. The molecule has 1 aromatic rings. The average Bonchev–Trinajstić information content (AvgIpc) is 2.46. The van der Waals surface area contributed by atoms with Crippen LogP contribution in [0.5, 0.6) is 5.75 Å². The highest BCUT2D eigenvalue weighted by atomic mass is 79.9. The van der Waals surface area contributed by atoms with Gasteiger partial charge in [-0.15, -0.1) is 0 Å². The van der Waals surface area contributed by atoms with Crippen molar-refractivity contribution in [1.82, 2.24) is 0 Å². The average molecular weight is 359 g/mol. The van der Waals surface area contributed by atoms with Gasteiger partial charge in [-0.25, -0.2) is 9.59 Å². The van der Waals surface area contributed by atoms with Gasteiger partial charge in [0.15, 0.2) is 0 Å². The number of hydrogen-bond donors (Lipinski definition) is 0. The van der Waals surface area contributed by atoms with E-state index < -0.39 is 23.8 Å². The molecular formula is C14H15BrO6. The Labute approximate surface area is 130 Å². The zero-order valence-electron chi connectivity index (χ0n) is 11.6. The Morgan fingerprint density at radius 1 is 1.05 bits per heavy atom. The second-order valence-corrected chi connectivity index (χ2v) is 4.70. The first kappa shape index (κ1) is 17.2. The van der Waals surface area contributed by atoms with Crippen molar-refractivity contribution in [1.29, 1.82) is 0 Å². The Hall–Kier alpha value is -1.89. The van der Waals surface area contributed by atoms with E-state index in [0.29, 0.717) is 0 Å². The predicted octanol–water partition coefficient (Wildman–Crippen LogP) is 1.89. The first-order chi connectivity index (χ1) is 9.99. The fourth-order valence-corrected chi connectivity index (χ4v) is 1.65. The predicted molar refractivity (Wildman–Crippen MR) is 76.8 cm³/mol. The molecule has 0 aliphatic heterocycles. The standard InChI is InChI=1S/C14H15BrO6/c1-3-19-13(17)11(16)12(14(18)20-4-2)21-10-7-5-9(15)6-8-10/h5-8,12H,3-4H2,1-2H3. The van der Waals surface area contributed by atoms with Gasteiger partial charge in [0, 0.05) is 4.47 Å². The minimum Gasteiger partial charge on any atom is -0.470 e. The lowest BCUT2D eigenvalue weighted by Crippen LogP contribution is -2.42. The van der Waals surface area contributed by atoms with Crippen molar-refractivity contribution in [2.24, 2.45) is 0 Å². The molecule has 0 saturated heterocycles. The van der Waals surface area contributed by atoms with Crippen molar-refractivity contribution in [3.8, 4) is 5.75 Å². The number of hydrogen-bond acceptors (Lipinski definition) is 6. The Balaban J connectivity index is 2.91. The fraction of sp³-hybridized carbons (Fsp3) is 0.357. The monoisotopic (exact) mass is 358 g/mol. The SMILES string of the molecule is CCOC(=O)C(=O)C(Oc1ccc(Br)cc1)C(=O)OCC. The van der Waals surface area contributed by atoms with Gasteiger partial charge in [-0.3, -0.25) is 4.79 Å². The highest BCUT2D eigenvalue weighted by Crippen LogP contribution is 2.18. The van der Waals surface area contributed by atoms with Gasteiger partial charge in [0.1, 0.15) is 5.75 Å². The molecular weight excluding hydrogens is 344 g/mol. The van der Waals surface area contributed by atoms with Crippen molar-refractivity contribution < 1.29 is 28.6 Å². The van der Waals surface area contributed by atoms with Crippen LogP contribution in [0.1, 0.15) is 13.8 Å². The number of ketones is 1. The molecule has 1 atom stereocenters. The zero-order valence-corrected chi connectivity index (χ0v) is 13.2. The lowest BCUT2D eigenvalue weighted by molar-refractivity contribution is -0.164. The van der Waals surface area contributed by atoms with E-state index in [0.717, 1.165) is 4.47 Å². The number of carbonyl (C=O) groups is 3. The van der Waals surface area contributed by atoms with Gasteiger partial charge in [0.25, 0.3) is 11.9 Å². The number of Topliss-reactive ketones (excluding diaryl/α,β-unsaturated/α-hetero) is 1. The van der Waals surface area contributed by atoms with Crippen molar-refractivity contribution in [3.05, 3.63) is 28.7 Å². The van der Waals surface area contributed by atoms with Crippen molar-refractivity contribution in [3.63, 3.8) is 0 Å². The number of carbonyl (C=O) groups excluding carboxylic acids is 3. The van der Waals surface area contributed by atoms with Gasteiger partial charge in [-0.2, -0.15) is 0 Å². The molecule has 0 amide bonds. The minimum atomic E-state index is -1.68. The molecule has 0 aromatic heterocycles. The maximum atomic E-state index is 11.9. The molecule has 0 heterocycles. The van der Waals surface area contributed by atoms with Crippen molar-refractivity contribution >= 4 is 33.7 Å². The maximum absolute atomic E-state index is 11.9. The molecule has 0 aliphatic carbocycles. The summed E-state index contributed by atoms with van der Waals surface area (Å²) >= 11 is 3.25. The summed E-state index contributed by atoms with van der Waals surface area (Å²) in [6.07, 6.45) is -1.68. The summed E-state index contributed by atoms with van der Waals surface area (Å²) in [4.78, 5) is 35.2. The van der Waals surface area contributed by atoms with Crippen LogP contribution < -0.4 is 4.74 Å². The first-order valence-corrected chi connectivity index (χ1v) is 7.08. The molecule has 0 bridgehead atoms. The Bertz CT molecular complexity index is 511. The van der Waals surface area contributed by atoms with Crippen LogP contribution in [0.15, 0.2) is 28.7 Å². The van der Waals surface area contributed by atoms with E-state index >= 15 is 0 Å². The molecule has 0 saturated carbocycles. The summed E-state index contributed by atoms with van der Waals surface area (Å²) in [5.41, 5.74) is 0. The Kier molecular flexibility index (Phi) is 6.87. The lowest BCUT2D eigenvalue weighted by atomic mass is 10.2. The largest absolute Gasteiger partial charge is 0.470 e. The van der Waals surface area contributed by atoms with Crippen LogP contribution in [0.3, 0.4) is 0 Å². The van der Waals surface area contributed by atoms with Gasteiger partial charge in [0.2, 0.25) is 0 Å². The highest BCUT2D eigenvalue weighted by molar-refractivity contribution is 9.10. The van der Waals surface area contributed by atoms with Crippen LogP contribution in [0.2, 0.25) is 0 Å². The Morgan fingerprint density at radius 2 is 1.62 bits per heavy atom. The first-order valence-electron chi connectivity index (χ1n) is 6.29. The van der Waals surface area contributed by atoms with Crippen LogP contribution >= 0.6 is 15.9 Å². The highest BCUT2D eigenvalue weighted by Gasteiger charge is 2.36. The zero-order chi connectivity index (χ0) is 15.8. The van der Waals surface area contributed by atoms with Gasteiger partial charge in [0.05, 0.1) is 13.2 Å². The van der Waals surface area contributed by atoms with E-state index in [9.17, 15) is 14.4 Å². The van der Waals surface area contributed by atoms with Crippen molar-refractivity contribution in [2.45, 2.75) is 20.0 Å². The number of rotatable bonds is 7. The molecule has 1 unspecified atom stereocenters. The summed E-state index contributed by atoms with van der Waals surface area (Å²) in [6, 6.07) is 6.45. The molecule has 0 N–H and O–H groups in total. The number of halogens is 1. The summed E-state index contributed by atoms with van der Waals surface area (Å²) in [5, 5.41) is 0. The molecule has 1 rings (SSSR count). The number of benzene rings is 1. The quantitative estimate of drug-likeness (QED) is 0.420. The van der Waals surface area contributed by atoms with Crippen LogP contribution in [-0.4, -0.2) is 37.0 Å². The molecule has 0 fully saturated rings. The number of esters is 2. The molecule has 0 aliphatic rings. The third-order valence-corrected chi connectivity index (χ3v) is 2.81. The van der Waals surface area contributed by atoms with Crippen LogP contribution in [0, 0.1) is 0 Å². The molecule has 0 spiro atoms. The molecule has 114 valence electrons. The van der Waals surface area contributed by atoms with E-state index in [4.69, 9.17) is 9.47 Å². The van der Waals surface area contributed by atoms with Crippen LogP contribution in [0.25, 0.3) is 0 Å². The molecule has 0 radical (unpaired) electrons. The summed E-state index contributed by atoms with van der Waals surface area (Å²) < 4.78 is 15.4. The third-order valence-electron chi connectivity index (χ3n) is 2.28. The van der Waals surface area contributed by atoms with Gasteiger partial charge in [-0.05, 0) is 38.1 Å². The van der Waals surface area contributed by atoms with E-state index in [1.165, 1.54) is 0 Å². The van der Waals surface area contributed by atoms with Crippen molar-refractivity contribution in [2.75, 3.05) is 13.2 Å². The summed E-state index contributed by atoms with van der Waals surface area (Å²) in [5.74, 6) is -2.90. The summed E-state index contributed by atoms with van der Waals surface area (Å²) in [7, 11) is 0. The maximum Gasteiger partial charge on any atom is 0.379 e. The normalized spacial score (nSPS) is 11.4. The molecule has 21 heavy (non-hydrogen) atoms. The lowest BCUT2D eigenvalue weighted by Gasteiger charge is -2.15. The topological polar surface area (TPSA) is 78.9 Å². The molecule has 1 aromatic carbocycles. The minimum absolute atomic E-state index is 0.0262. The van der Waals surface area contributed by atoms with Gasteiger partial charge in [-0.1, -0.05) is 15.9 Å². The smallest absolute Gasteiger partial charge is 0.379 e. The van der Waals surface area contributed by atoms with Gasteiger partial charge >= 0.3 is 11.9 Å². The number of ether oxygens (including phenoxy) is 3. The summed E-state index contributed by atoms with van der Waals surface area (Å²) in [6.45, 7) is 3.23. The molecule has 7 heteroatoms. The van der Waals surface area contributed by atoms with E-state index in [1.54, 1.807) is 38.1 Å². The van der Waals surface area contributed by atoms with E-state index in [2.05, 4.69) is 20.7 Å². The second kappa shape index (κ2) is 8.41. The van der Waals surface area contributed by atoms with Gasteiger partial charge < -0.3 is 14.2 Å². The van der Waals surface area contributed by atoms with E-state index in [1.807, 2.05) is 0 Å². The fourth-order valence-electron chi connectivity index (χ4n) is 1.39. The molecule has 6 nitrogen and oxygen atoms in total. The Morgan fingerprint density at radius 3 is 2.14 bits per heavy atom. The van der Waals surface area contributed by atoms with Crippen LogP contribution in [0.4, 0.5) is 0 Å². The van der Waals surface area contributed by atoms with E-state index in [-0.39, 0.29) is 19.0 Å². The van der Waals surface area contributed by atoms with Crippen LogP contribution in [-0.2, 0) is 23.9 Å². The third kappa shape index (κ3) is 5.18.